The van der Waals surface area contributed by atoms with Gasteiger partial charge in [0.05, 0.1) is 26.9 Å². The SMILES string of the molecule is Cc1nc(NC(=O)c2ccccc2Cl)sc1-c1csc(NC(=O)c2cccc(F)c2)n1. The number of amides is 2. The van der Waals surface area contributed by atoms with Crippen molar-refractivity contribution in [3.8, 4) is 10.6 Å². The van der Waals surface area contributed by atoms with Crippen LogP contribution in [0.25, 0.3) is 10.6 Å². The van der Waals surface area contributed by atoms with E-state index < -0.39 is 11.7 Å². The van der Waals surface area contributed by atoms with Crippen molar-refractivity contribution in [3.05, 3.63) is 81.6 Å². The molecule has 6 nitrogen and oxygen atoms in total. The number of halogens is 2. The average Bonchev–Trinajstić information content (AvgIpc) is 3.34. The molecule has 0 aliphatic heterocycles. The lowest BCUT2D eigenvalue weighted by molar-refractivity contribution is 0.101. The van der Waals surface area contributed by atoms with Gasteiger partial charge in [0.25, 0.3) is 11.8 Å². The van der Waals surface area contributed by atoms with E-state index in [4.69, 9.17) is 11.6 Å². The molecule has 0 atom stereocenters. The van der Waals surface area contributed by atoms with Gasteiger partial charge in [-0.1, -0.05) is 41.1 Å². The number of hydrogen-bond acceptors (Lipinski definition) is 6. The number of nitrogens with one attached hydrogen (secondary N) is 2. The minimum Gasteiger partial charge on any atom is -0.298 e. The molecule has 0 bridgehead atoms. The molecule has 0 aliphatic rings. The van der Waals surface area contributed by atoms with Crippen molar-refractivity contribution in [2.24, 2.45) is 0 Å². The van der Waals surface area contributed by atoms with E-state index in [-0.39, 0.29) is 11.5 Å². The first kappa shape index (κ1) is 21.1. The van der Waals surface area contributed by atoms with Crippen molar-refractivity contribution < 1.29 is 14.0 Å². The molecule has 156 valence electrons. The number of benzene rings is 2. The van der Waals surface area contributed by atoms with E-state index in [0.29, 0.717) is 32.2 Å². The van der Waals surface area contributed by atoms with Gasteiger partial charge in [0.15, 0.2) is 10.3 Å². The van der Waals surface area contributed by atoms with Gasteiger partial charge < -0.3 is 0 Å². The summed E-state index contributed by atoms with van der Waals surface area (Å²) in [4.78, 5) is 34.3. The van der Waals surface area contributed by atoms with Crippen LogP contribution in [-0.4, -0.2) is 21.8 Å². The van der Waals surface area contributed by atoms with Crippen LogP contribution in [0.1, 0.15) is 26.4 Å². The van der Waals surface area contributed by atoms with Gasteiger partial charge in [-0.05, 0) is 37.3 Å². The number of carbonyl (C=O) groups excluding carboxylic acids is 2. The highest BCUT2D eigenvalue weighted by molar-refractivity contribution is 7.20. The molecule has 0 unspecified atom stereocenters. The van der Waals surface area contributed by atoms with Crippen LogP contribution < -0.4 is 10.6 Å². The largest absolute Gasteiger partial charge is 0.298 e. The van der Waals surface area contributed by atoms with Crippen LogP contribution in [0.4, 0.5) is 14.7 Å². The Balaban J connectivity index is 1.49. The summed E-state index contributed by atoms with van der Waals surface area (Å²) < 4.78 is 13.3. The minimum absolute atomic E-state index is 0.204. The predicted octanol–water partition coefficient (Wildman–Crippen LogP) is 5.87. The quantitative estimate of drug-likeness (QED) is 0.380. The van der Waals surface area contributed by atoms with E-state index in [1.807, 2.05) is 0 Å². The fourth-order valence-electron chi connectivity index (χ4n) is 2.73. The van der Waals surface area contributed by atoms with Gasteiger partial charge in [0.1, 0.15) is 5.82 Å². The lowest BCUT2D eigenvalue weighted by Crippen LogP contribution is -2.12. The van der Waals surface area contributed by atoms with Crippen molar-refractivity contribution >= 4 is 56.4 Å². The van der Waals surface area contributed by atoms with Gasteiger partial charge >= 0.3 is 0 Å². The summed E-state index contributed by atoms with van der Waals surface area (Å²) >= 11 is 8.58. The van der Waals surface area contributed by atoms with Crippen LogP contribution >= 0.6 is 34.3 Å². The second kappa shape index (κ2) is 8.93. The Bertz CT molecular complexity index is 1290. The molecule has 0 aliphatic carbocycles. The summed E-state index contributed by atoms with van der Waals surface area (Å²) in [5, 5.41) is 8.33. The number of aromatic nitrogens is 2. The molecule has 2 aromatic heterocycles. The molecule has 0 saturated heterocycles. The highest BCUT2D eigenvalue weighted by Gasteiger charge is 2.17. The number of rotatable bonds is 5. The molecule has 2 heterocycles. The van der Waals surface area contributed by atoms with Crippen LogP contribution in [0.15, 0.2) is 53.9 Å². The van der Waals surface area contributed by atoms with Crippen LogP contribution in [-0.2, 0) is 0 Å². The zero-order valence-corrected chi connectivity index (χ0v) is 18.4. The number of aryl methyl sites for hydroxylation is 1. The predicted molar refractivity (Wildman–Crippen MR) is 122 cm³/mol. The summed E-state index contributed by atoms with van der Waals surface area (Å²) in [5.74, 6) is -1.29. The van der Waals surface area contributed by atoms with Gasteiger partial charge in [0, 0.05) is 10.9 Å². The molecule has 4 aromatic rings. The summed E-state index contributed by atoms with van der Waals surface area (Å²) in [5.41, 5.74) is 1.87. The number of carbonyl (C=O) groups is 2. The maximum Gasteiger partial charge on any atom is 0.258 e. The minimum atomic E-state index is -0.487. The molecule has 0 radical (unpaired) electrons. The maximum atomic E-state index is 13.3. The zero-order valence-electron chi connectivity index (χ0n) is 16.0. The number of anilines is 2. The summed E-state index contributed by atoms with van der Waals surface area (Å²) in [6, 6.07) is 12.2. The fraction of sp³-hybridized carbons (Fsp3) is 0.0476. The lowest BCUT2D eigenvalue weighted by Gasteiger charge is -2.03. The zero-order chi connectivity index (χ0) is 22.0. The van der Waals surface area contributed by atoms with Gasteiger partial charge in [-0.15, -0.1) is 11.3 Å². The van der Waals surface area contributed by atoms with E-state index >= 15 is 0 Å². The Hall–Kier alpha value is -3.14. The maximum absolute atomic E-state index is 13.3. The summed E-state index contributed by atoms with van der Waals surface area (Å²) in [7, 11) is 0. The van der Waals surface area contributed by atoms with E-state index in [1.54, 1.807) is 36.6 Å². The van der Waals surface area contributed by atoms with E-state index in [0.717, 1.165) is 10.9 Å². The van der Waals surface area contributed by atoms with Crippen molar-refractivity contribution in [1.82, 2.24) is 9.97 Å². The van der Waals surface area contributed by atoms with Gasteiger partial charge in [-0.3, -0.25) is 20.2 Å². The molecular formula is C21H14ClFN4O2S2. The molecule has 0 spiro atoms. The Morgan fingerprint density at radius 3 is 2.55 bits per heavy atom. The van der Waals surface area contributed by atoms with E-state index in [1.165, 1.54) is 40.9 Å². The smallest absolute Gasteiger partial charge is 0.258 e. The topological polar surface area (TPSA) is 84.0 Å². The second-order valence-electron chi connectivity index (χ2n) is 6.37. The second-order valence-corrected chi connectivity index (χ2v) is 8.63. The first-order valence-electron chi connectivity index (χ1n) is 8.97. The Morgan fingerprint density at radius 2 is 1.77 bits per heavy atom. The van der Waals surface area contributed by atoms with Crippen LogP contribution in [0.5, 0.6) is 0 Å². The van der Waals surface area contributed by atoms with E-state index in [2.05, 4.69) is 20.6 Å². The van der Waals surface area contributed by atoms with Crippen molar-refractivity contribution in [2.75, 3.05) is 10.6 Å². The average molecular weight is 473 g/mol. The number of hydrogen-bond donors (Lipinski definition) is 2. The van der Waals surface area contributed by atoms with Crippen molar-refractivity contribution in [2.45, 2.75) is 6.92 Å². The third-order valence-corrected chi connectivity index (χ3v) is 6.36. The molecule has 10 heteroatoms. The van der Waals surface area contributed by atoms with Crippen LogP contribution in [0.3, 0.4) is 0 Å². The molecule has 2 amide bonds. The van der Waals surface area contributed by atoms with Crippen LogP contribution in [0.2, 0.25) is 5.02 Å². The van der Waals surface area contributed by atoms with Crippen LogP contribution in [0, 0.1) is 12.7 Å². The van der Waals surface area contributed by atoms with Gasteiger partial charge in [-0.25, -0.2) is 14.4 Å². The molecule has 0 saturated carbocycles. The molecule has 2 N–H and O–H groups in total. The highest BCUT2D eigenvalue weighted by Crippen LogP contribution is 2.35. The third-order valence-electron chi connectivity index (χ3n) is 4.18. The number of thiazole rings is 2. The van der Waals surface area contributed by atoms with Crippen molar-refractivity contribution in [1.29, 1.82) is 0 Å². The normalized spacial score (nSPS) is 10.7. The highest BCUT2D eigenvalue weighted by atomic mass is 35.5. The molecule has 2 aromatic carbocycles. The molecular weight excluding hydrogens is 459 g/mol. The molecule has 0 fully saturated rings. The Morgan fingerprint density at radius 1 is 1.00 bits per heavy atom. The third kappa shape index (κ3) is 4.79. The molecule has 31 heavy (non-hydrogen) atoms. The van der Waals surface area contributed by atoms with Gasteiger partial charge in [-0.2, -0.15) is 0 Å². The first-order valence-corrected chi connectivity index (χ1v) is 11.0. The standard InChI is InChI=1S/C21H14ClFN4O2S2/c1-11-17(31-21(24-11)27-19(29)14-7-2-3-8-15(14)22)16-10-30-20(25-16)26-18(28)12-5-4-6-13(23)9-12/h2-10H,1H3,(H,24,27,29)(H,25,26,28). The summed E-state index contributed by atoms with van der Waals surface area (Å²) in [6.07, 6.45) is 0. The Kier molecular flexibility index (Phi) is 6.08. The lowest BCUT2D eigenvalue weighted by atomic mass is 10.2. The first-order chi connectivity index (χ1) is 14.9. The monoisotopic (exact) mass is 472 g/mol. The Labute approximate surface area is 189 Å². The van der Waals surface area contributed by atoms with Gasteiger partial charge in [0.2, 0.25) is 0 Å². The fourth-order valence-corrected chi connectivity index (χ4v) is 4.65. The molecule has 4 rings (SSSR count). The summed E-state index contributed by atoms with van der Waals surface area (Å²) in [6.45, 7) is 1.81. The van der Waals surface area contributed by atoms with Crippen molar-refractivity contribution in [3.63, 3.8) is 0 Å². The number of nitrogens with zero attached hydrogens (tertiary/aromatic N) is 2. The van der Waals surface area contributed by atoms with E-state index in [9.17, 15) is 14.0 Å².